The zero-order valence-corrected chi connectivity index (χ0v) is 6.97. The first kappa shape index (κ1) is 12.8. The molecular weight excluding hydrogens is 291 g/mol. The van der Waals surface area contributed by atoms with Crippen LogP contribution in [0, 0.1) is 37.3 Å². The van der Waals surface area contributed by atoms with E-state index in [2.05, 4.69) is 0 Å². The van der Waals surface area contributed by atoms with Crippen LogP contribution < -0.4 is 0 Å². The number of carboxylic acids is 2. The molecule has 0 amide bonds. The van der Waals surface area contributed by atoms with Crippen LogP contribution in [0.1, 0.15) is 19.3 Å². The predicted octanol–water partition coefficient (Wildman–Crippen LogP) is 0.326. The van der Waals surface area contributed by atoms with Crippen molar-refractivity contribution in [2.45, 2.75) is 19.3 Å². The summed E-state index contributed by atoms with van der Waals surface area (Å²) in [6.45, 7) is 0. The Labute approximate surface area is 87.8 Å². The number of rotatable bonds is 4. The predicted molar refractivity (Wildman–Crippen MR) is 29.1 cm³/mol. The minimum Gasteiger partial charge on any atom is -0.481 e. The average molecular weight is 299 g/mol. The summed E-state index contributed by atoms with van der Waals surface area (Å²) in [7, 11) is 0. The normalized spacial score (nSPS) is 8.00. The molecule has 0 saturated carbocycles. The van der Waals surface area contributed by atoms with Crippen LogP contribution in [0.15, 0.2) is 0 Å². The minimum atomic E-state index is -0.948. The molecule has 0 radical (unpaired) electrons. The largest absolute Gasteiger partial charge is 0.481 e. The topological polar surface area (TPSA) is 74.6 Å². The van der Waals surface area contributed by atoms with Gasteiger partial charge in [-0.25, -0.2) is 0 Å². The Morgan fingerprint density at radius 2 is 1.30 bits per heavy atom. The SMILES string of the molecule is O=C(O)CCCC(=O)O.[Er]. The third-order valence-electron chi connectivity index (χ3n) is 0.781. The maximum atomic E-state index is 9.79. The van der Waals surface area contributed by atoms with Crippen LogP contribution >= 0.6 is 0 Å². The Hall–Kier alpha value is 0.187. The van der Waals surface area contributed by atoms with Crippen LogP contribution in [-0.4, -0.2) is 22.2 Å². The van der Waals surface area contributed by atoms with Gasteiger partial charge in [0, 0.05) is 50.1 Å². The first-order chi connectivity index (χ1) is 4.13. The standard InChI is InChI=1S/C5H8O4.Er/c6-4(7)2-1-3-5(8)9;/h1-3H2,(H,6,7)(H,8,9);. The molecule has 0 aromatic heterocycles. The van der Waals surface area contributed by atoms with E-state index in [1.54, 1.807) is 0 Å². The average Bonchev–Trinajstić information content (AvgIpc) is 1.63. The number of hydrogen-bond acceptors (Lipinski definition) is 2. The summed E-state index contributed by atoms with van der Waals surface area (Å²) in [5, 5.41) is 16.1. The molecule has 0 aliphatic carbocycles. The summed E-state index contributed by atoms with van der Waals surface area (Å²) >= 11 is 0. The number of hydrogen-bond donors (Lipinski definition) is 2. The Bertz CT molecular complexity index is 109. The van der Waals surface area contributed by atoms with E-state index in [4.69, 9.17) is 10.2 Å². The second kappa shape index (κ2) is 7.30. The quantitative estimate of drug-likeness (QED) is 0.784. The third kappa shape index (κ3) is 11.0. The van der Waals surface area contributed by atoms with Crippen molar-refractivity contribution in [2.24, 2.45) is 0 Å². The van der Waals surface area contributed by atoms with Crippen LogP contribution in [-0.2, 0) is 9.59 Å². The second-order valence-electron chi connectivity index (χ2n) is 1.64. The fraction of sp³-hybridized carbons (Fsp3) is 0.600. The van der Waals surface area contributed by atoms with Crippen molar-refractivity contribution < 1.29 is 57.1 Å². The maximum Gasteiger partial charge on any atom is 0.303 e. The molecule has 0 aromatic carbocycles. The van der Waals surface area contributed by atoms with Gasteiger partial charge in [-0.2, -0.15) is 0 Å². The van der Waals surface area contributed by atoms with Gasteiger partial charge in [0.1, 0.15) is 0 Å². The van der Waals surface area contributed by atoms with E-state index >= 15 is 0 Å². The van der Waals surface area contributed by atoms with Gasteiger partial charge in [-0.15, -0.1) is 0 Å². The first-order valence-corrected chi connectivity index (χ1v) is 2.56. The number of carboxylic acid groups (broad SMARTS) is 2. The molecule has 0 spiro atoms. The van der Waals surface area contributed by atoms with Crippen molar-refractivity contribution in [3.8, 4) is 0 Å². The molecule has 0 heterocycles. The van der Waals surface area contributed by atoms with Gasteiger partial charge >= 0.3 is 11.9 Å². The van der Waals surface area contributed by atoms with Crippen molar-refractivity contribution in [1.29, 1.82) is 0 Å². The van der Waals surface area contributed by atoms with E-state index in [9.17, 15) is 9.59 Å². The molecule has 64 valence electrons. The van der Waals surface area contributed by atoms with E-state index in [-0.39, 0.29) is 56.6 Å². The second-order valence-corrected chi connectivity index (χ2v) is 1.64. The smallest absolute Gasteiger partial charge is 0.303 e. The van der Waals surface area contributed by atoms with E-state index in [0.717, 1.165) is 0 Å². The van der Waals surface area contributed by atoms with E-state index < -0.39 is 11.9 Å². The fourth-order valence-corrected chi connectivity index (χ4v) is 0.391. The van der Waals surface area contributed by atoms with Crippen molar-refractivity contribution >= 4 is 11.9 Å². The molecule has 0 aliphatic rings. The molecule has 4 nitrogen and oxygen atoms in total. The molecule has 0 saturated heterocycles. The van der Waals surface area contributed by atoms with E-state index in [1.165, 1.54) is 0 Å². The summed E-state index contributed by atoms with van der Waals surface area (Å²) in [6.07, 6.45) is 0.0866. The molecule has 2 N–H and O–H groups in total. The van der Waals surface area contributed by atoms with Gasteiger partial charge < -0.3 is 10.2 Å². The summed E-state index contributed by atoms with van der Waals surface area (Å²) in [5.41, 5.74) is 0. The van der Waals surface area contributed by atoms with Gasteiger partial charge in [0.15, 0.2) is 0 Å². The Morgan fingerprint density at radius 3 is 1.50 bits per heavy atom. The van der Waals surface area contributed by atoms with Gasteiger partial charge in [-0.05, 0) is 6.42 Å². The Morgan fingerprint density at radius 1 is 1.00 bits per heavy atom. The molecule has 5 heteroatoms. The molecule has 0 unspecified atom stereocenters. The Balaban J connectivity index is 0. The summed E-state index contributed by atoms with van der Waals surface area (Å²) in [5.74, 6) is -1.90. The van der Waals surface area contributed by atoms with Gasteiger partial charge in [0.25, 0.3) is 0 Å². The monoisotopic (exact) mass is 298 g/mol. The van der Waals surface area contributed by atoms with Gasteiger partial charge in [0.05, 0.1) is 0 Å². The molecule has 0 rings (SSSR count). The summed E-state index contributed by atoms with van der Waals surface area (Å²) in [4.78, 5) is 19.6. The molecule has 0 aliphatic heterocycles. The summed E-state index contributed by atoms with van der Waals surface area (Å²) in [6, 6.07) is 0. The zero-order chi connectivity index (χ0) is 7.28. The van der Waals surface area contributed by atoms with Crippen LogP contribution in [0.5, 0.6) is 0 Å². The van der Waals surface area contributed by atoms with E-state index in [1.807, 2.05) is 0 Å². The molecule has 10 heavy (non-hydrogen) atoms. The minimum absolute atomic E-state index is 0. The zero-order valence-electron chi connectivity index (χ0n) is 5.12. The van der Waals surface area contributed by atoms with Crippen molar-refractivity contribution in [1.82, 2.24) is 0 Å². The van der Waals surface area contributed by atoms with E-state index in [0.29, 0.717) is 0 Å². The number of carbonyl (C=O) groups is 2. The van der Waals surface area contributed by atoms with Crippen molar-refractivity contribution in [3.63, 3.8) is 0 Å². The van der Waals surface area contributed by atoms with Gasteiger partial charge in [-0.3, -0.25) is 9.59 Å². The molecular formula is C5H8ErO4. The third-order valence-corrected chi connectivity index (χ3v) is 0.781. The first-order valence-electron chi connectivity index (χ1n) is 2.56. The molecule has 0 fully saturated rings. The van der Waals surface area contributed by atoms with Crippen molar-refractivity contribution in [3.05, 3.63) is 0 Å². The number of aliphatic carboxylic acids is 2. The summed E-state index contributed by atoms with van der Waals surface area (Å²) < 4.78 is 0. The Kier molecular flexibility index (Phi) is 9.36. The van der Waals surface area contributed by atoms with Crippen LogP contribution in [0.2, 0.25) is 0 Å². The van der Waals surface area contributed by atoms with Crippen molar-refractivity contribution in [2.75, 3.05) is 0 Å². The molecule has 0 aromatic rings. The van der Waals surface area contributed by atoms with Gasteiger partial charge in [-0.1, -0.05) is 0 Å². The van der Waals surface area contributed by atoms with Crippen LogP contribution in [0.4, 0.5) is 0 Å². The molecule has 0 bridgehead atoms. The molecule has 0 atom stereocenters. The van der Waals surface area contributed by atoms with Crippen LogP contribution in [0.25, 0.3) is 0 Å². The van der Waals surface area contributed by atoms with Gasteiger partial charge in [0.2, 0.25) is 0 Å². The fourth-order valence-electron chi connectivity index (χ4n) is 0.391. The van der Waals surface area contributed by atoms with Crippen LogP contribution in [0.3, 0.4) is 0 Å². The maximum absolute atomic E-state index is 9.79.